The van der Waals surface area contributed by atoms with Gasteiger partial charge in [-0.25, -0.2) is 11.6 Å². The smallest absolute Gasteiger partial charge is 1.00 e. The van der Waals surface area contributed by atoms with Crippen molar-refractivity contribution in [3.05, 3.63) is 170 Å². The van der Waals surface area contributed by atoms with Crippen molar-refractivity contribution in [3.8, 4) is 11.1 Å². The second-order valence-corrected chi connectivity index (χ2v) is 18.7. The summed E-state index contributed by atoms with van der Waals surface area (Å²) >= 11 is 1.46. The van der Waals surface area contributed by atoms with Gasteiger partial charge in [-0.2, -0.15) is 28.8 Å². The maximum atomic E-state index is 3.65. The summed E-state index contributed by atoms with van der Waals surface area (Å²) in [5.41, 5.74) is 23.1. The Hall–Kier alpha value is -2.96. The van der Waals surface area contributed by atoms with Crippen LogP contribution in [-0.2, 0) is 53.3 Å². The molecule has 0 nitrogen and oxygen atoms in total. The monoisotopic (exact) mass is 828 g/mol. The SMILES string of the molecule is CC1=[C-]C(C)(C)c2cc3c(cc21)-c1cc2c(cc1C3)C(C)(C)C=C2C.CCc1cc(C(C)(C)C)c[cH-]1.Cc1ccc([C](=[Zr+2])c2ccc(C)cc2)cc1.[Cl-].[Cl-]. The van der Waals surface area contributed by atoms with Gasteiger partial charge in [0.2, 0.25) is 0 Å². The van der Waals surface area contributed by atoms with E-state index in [1.165, 1.54) is 116 Å². The van der Waals surface area contributed by atoms with Crippen LogP contribution in [0, 0.1) is 19.9 Å². The van der Waals surface area contributed by atoms with Gasteiger partial charge in [-0.3, -0.25) is 6.08 Å². The van der Waals surface area contributed by atoms with Crippen molar-refractivity contribution in [1.82, 2.24) is 0 Å². The Bertz CT molecular complexity index is 2080. The molecule has 3 heteroatoms. The number of hydrogen-bond donors (Lipinski definition) is 0. The fourth-order valence-electron chi connectivity index (χ4n) is 8.06. The first-order valence-corrected chi connectivity index (χ1v) is 20.3. The van der Waals surface area contributed by atoms with Crippen molar-refractivity contribution in [2.45, 2.75) is 112 Å². The number of halogens is 2. The van der Waals surface area contributed by atoms with Gasteiger partial charge in [0.05, 0.1) is 0 Å². The number of hydrogen-bond acceptors (Lipinski definition) is 0. The molecule has 3 aliphatic carbocycles. The largest absolute Gasteiger partial charge is 1.00 e. The van der Waals surface area contributed by atoms with Crippen LogP contribution in [0.3, 0.4) is 0 Å². The molecule has 0 fully saturated rings. The summed E-state index contributed by atoms with van der Waals surface area (Å²) in [5, 5.41) is 0. The van der Waals surface area contributed by atoms with Gasteiger partial charge in [0.25, 0.3) is 0 Å². The Morgan fingerprint density at radius 2 is 1.20 bits per heavy atom. The number of rotatable bonds is 3. The quantitative estimate of drug-likeness (QED) is 0.167. The minimum atomic E-state index is 0. The molecular formula is C51H56Cl2Zr-2. The number of fused-ring (bicyclic) bond motifs is 5. The van der Waals surface area contributed by atoms with Gasteiger partial charge in [-0.05, 0) is 58.4 Å². The predicted molar refractivity (Wildman–Crippen MR) is 222 cm³/mol. The third-order valence-corrected chi connectivity index (χ3v) is 12.6. The van der Waals surface area contributed by atoms with E-state index in [1.807, 2.05) is 0 Å². The summed E-state index contributed by atoms with van der Waals surface area (Å²) in [5.74, 6) is 0. The minimum Gasteiger partial charge on any atom is -1.00 e. The summed E-state index contributed by atoms with van der Waals surface area (Å²) in [6.07, 6.45) is 8.28. The zero-order chi connectivity index (χ0) is 37.7. The van der Waals surface area contributed by atoms with Crippen LogP contribution in [0.4, 0.5) is 0 Å². The van der Waals surface area contributed by atoms with Crippen LogP contribution in [0.25, 0.3) is 22.3 Å². The van der Waals surface area contributed by atoms with E-state index in [9.17, 15) is 0 Å². The maximum Gasteiger partial charge on any atom is -1.00 e. The average Bonchev–Trinajstić information content (AvgIpc) is 3.82. The van der Waals surface area contributed by atoms with Gasteiger partial charge in [0.15, 0.2) is 0 Å². The van der Waals surface area contributed by atoms with Crippen molar-refractivity contribution in [2.24, 2.45) is 0 Å². The summed E-state index contributed by atoms with van der Waals surface area (Å²) in [7, 11) is 0. The number of aryl methyl sites for hydroxylation is 3. The molecular weight excluding hydrogens is 775 g/mol. The molecule has 0 unspecified atom stereocenters. The van der Waals surface area contributed by atoms with Crippen molar-refractivity contribution >= 4 is 14.4 Å². The predicted octanol–water partition coefficient (Wildman–Crippen LogP) is 7.14. The summed E-state index contributed by atoms with van der Waals surface area (Å²) in [4.78, 5) is 0. The average molecular weight is 831 g/mol. The molecule has 54 heavy (non-hydrogen) atoms. The molecule has 0 bridgehead atoms. The molecule has 0 amide bonds. The topological polar surface area (TPSA) is 0 Å². The summed E-state index contributed by atoms with van der Waals surface area (Å²) < 4.78 is 1.42. The van der Waals surface area contributed by atoms with E-state index in [0.29, 0.717) is 5.41 Å². The minimum absolute atomic E-state index is 0. The van der Waals surface area contributed by atoms with Crippen LogP contribution in [0.15, 0.2) is 97.1 Å². The van der Waals surface area contributed by atoms with Crippen molar-refractivity contribution in [1.29, 1.82) is 0 Å². The third-order valence-electron chi connectivity index (χ3n) is 11.2. The molecule has 5 aromatic carbocycles. The number of allylic oxidation sites excluding steroid dienone is 4. The Morgan fingerprint density at radius 1 is 0.704 bits per heavy atom. The Morgan fingerprint density at radius 3 is 1.67 bits per heavy atom. The zero-order valence-corrected chi connectivity index (χ0v) is 38.4. The van der Waals surface area contributed by atoms with Crippen molar-refractivity contribution < 1.29 is 49.0 Å². The van der Waals surface area contributed by atoms with E-state index < -0.39 is 0 Å². The summed E-state index contributed by atoms with van der Waals surface area (Å²) in [6, 6.07) is 34.1. The van der Waals surface area contributed by atoms with E-state index in [4.69, 9.17) is 0 Å². The molecule has 0 saturated carbocycles. The molecule has 8 rings (SSSR count). The van der Waals surface area contributed by atoms with Gasteiger partial charge in [0.1, 0.15) is 0 Å². The van der Waals surface area contributed by atoms with Crippen LogP contribution in [0.2, 0.25) is 0 Å². The summed E-state index contributed by atoms with van der Waals surface area (Å²) in [6.45, 7) is 26.9. The molecule has 0 N–H and O–H groups in total. The molecule has 0 saturated heterocycles. The van der Waals surface area contributed by atoms with E-state index in [0.717, 1.165) is 12.8 Å². The van der Waals surface area contributed by atoms with Crippen LogP contribution in [0.1, 0.15) is 136 Å². The van der Waals surface area contributed by atoms with Crippen LogP contribution in [0.5, 0.6) is 0 Å². The molecule has 3 aliphatic rings. The Labute approximate surface area is 354 Å². The van der Waals surface area contributed by atoms with Gasteiger partial charge in [0, 0.05) is 5.41 Å². The van der Waals surface area contributed by atoms with Crippen molar-refractivity contribution in [3.63, 3.8) is 0 Å². The molecule has 0 spiro atoms. The molecule has 0 heterocycles. The molecule has 0 aliphatic heterocycles. The maximum absolute atomic E-state index is 3.65. The molecule has 5 aromatic rings. The second-order valence-electron chi connectivity index (χ2n) is 17.4. The van der Waals surface area contributed by atoms with E-state index in [2.05, 4.69) is 186 Å². The zero-order valence-electron chi connectivity index (χ0n) is 34.4. The van der Waals surface area contributed by atoms with Gasteiger partial charge in [-0.1, -0.05) is 97.8 Å². The van der Waals surface area contributed by atoms with E-state index in [-0.39, 0.29) is 35.6 Å². The van der Waals surface area contributed by atoms with E-state index >= 15 is 0 Å². The first kappa shape index (κ1) is 43.8. The first-order chi connectivity index (χ1) is 24.4. The molecule has 280 valence electrons. The van der Waals surface area contributed by atoms with Crippen molar-refractivity contribution in [2.75, 3.05) is 0 Å². The molecule has 0 atom stereocenters. The van der Waals surface area contributed by atoms with Gasteiger partial charge in [-0.15, -0.1) is 11.6 Å². The van der Waals surface area contributed by atoms with Gasteiger partial charge >= 0.3 is 112 Å². The normalized spacial score (nSPS) is 15.0. The van der Waals surface area contributed by atoms with Crippen LogP contribution in [-0.4, -0.2) is 3.21 Å². The Kier molecular flexibility index (Phi) is 13.5. The fourth-order valence-corrected chi connectivity index (χ4v) is 8.88. The third kappa shape index (κ3) is 9.02. The van der Waals surface area contributed by atoms with Crippen LogP contribution >= 0.6 is 0 Å². The fraction of sp³-hybridized carbons (Fsp3) is 0.333. The Balaban J connectivity index is 0.000000194. The van der Waals surface area contributed by atoms with Crippen LogP contribution < -0.4 is 24.8 Å². The number of benzene rings is 4. The molecule has 0 radical (unpaired) electrons. The van der Waals surface area contributed by atoms with E-state index in [1.54, 1.807) is 0 Å². The standard InChI is InChI=1S/C25H25.C15H14.C11H17.2ClH.Zr/c1-14-12-24(3,4)22-8-16-7-17-9-23-19(15(2)13-25(23,5)6)11-21(17)20(16)10-18(14)22;1-12-3-7-14(8-4-12)11-15-9-5-13(2)6-10-15;1-5-9-6-7-10(8-9)11(2,3)4;;;/h8-12H,7H2,1-6H3;3-10H,1-2H3;6-8H,5H2,1-4H3;2*1H;/q-1;;-1;;;+2/p-2. The second kappa shape index (κ2) is 16.6. The first-order valence-electron chi connectivity index (χ1n) is 19.0. The van der Waals surface area contributed by atoms with Gasteiger partial charge < -0.3 is 24.8 Å². The molecule has 0 aromatic heterocycles.